The molecule has 0 amide bonds. The van der Waals surface area contributed by atoms with Crippen LogP contribution < -0.4 is 0 Å². The number of H-pyrrole nitrogens is 1. The smallest absolute Gasteiger partial charge is 0.355 e. The number of hydrogen-bond acceptors (Lipinski definition) is 6. The molecule has 3 aliphatic rings. The summed E-state index contributed by atoms with van der Waals surface area (Å²) < 4.78 is 15.3. The van der Waals surface area contributed by atoms with Crippen molar-refractivity contribution < 1.29 is 28.6 Å². The molecule has 3 aliphatic carbocycles. The molecule has 140 valence electrons. The summed E-state index contributed by atoms with van der Waals surface area (Å²) in [5, 5.41) is 0. The Morgan fingerprint density at radius 2 is 1.50 bits per heavy atom. The molecule has 0 spiro atoms. The number of rotatable bonds is 3. The van der Waals surface area contributed by atoms with Crippen LogP contribution in [0.3, 0.4) is 0 Å². The zero-order valence-corrected chi connectivity index (χ0v) is 15.6. The maximum Gasteiger partial charge on any atom is 0.355 e. The van der Waals surface area contributed by atoms with Gasteiger partial charge in [-0.05, 0) is 44.7 Å². The van der Waals surface area contributed by atoms with Gasteiger partial charge in [-0.15, -0.1) is 0 Å². The van der Waals surface area contributed by atoms with Gasteiger partial charge in [0.15, 0.2) is 0 Å². The number of fused-ring (bicyclic) bond motifs is 1. The van der Waals surface area contributed by atoms with Crippen LogP contribution in [0.5, 0.6) is 0 Å². The number of nitrogens with one attached hydrogen (secondary N) is 1. The van der Waals surface area contributed by atoms with E-state index in [0.717, 1.165) is 11.1 Å². The minimum atomic E-state index is -0.638. The van der Waals surface area contributed by atoms with Crippen molar-refractivity contribution in [2.45, 2.75) is 51.0 Å². The van der Waals surface area contributed by atoms with Crippen molar-refractivity contribution in [2.75, 3.05) is 14.2 Å². The Bertz CT molecular complexity index is 810. The van der Waals surface area contributed by atoms with Crippen LogP contribution >= 0.6 is 0 Å². The van der Waals surface area contributed by atoms with Gasteiger partial charge in [-0.3, -0.25) is 0 Å². The molecule has 0 radical (unpaired) electrons. The molecule has 0 saturated carbocycles. The molecule has 2 unspecified atom stereocenters. The fourth-order valence-corrected chi connectivity index (χ4v) is 3.93. The SMILES string of the molecule is COC(=O)C1=C(C(=O)OC)C2CCC1c1c[nH]c(C(=O)OC(C)(C)C)c12. The van der Waals surface area contributed by atoms with E-state index in [1.54, 1.807) is 27.0 Å². The first-order chi connectivity index (χ1) is 12.2. The summed E-state index contributed by atoms with van der Waals surface area (Å²) in [4.78, 5) is 40.3. The molecule has 2 bridgehead atoms. The third-order valence-corrected chi connectivity index (χ3v) is 4.82. The third-order valence-electron chi connectivity index (χ3n) is 4.82. The molecule has 1 aromatic rings. The Labute approximate surface area is 151 Å². The molecule has 1 heterocycles. The van der Waals surface area contributed by atoms with E-state index in [9.17, 15) is 14.4 Å². The van der Waals surface area contributed by atoms with Gasteiger partial charge >= 0.3 is 17.9 Å². The summed E-state index contributed by atoms with van der Waals surface area (Å²) in [5.41, 5.74) is 1.88. The summed E-state index contributed by atoms with van der Waals surface area (Å²) in [6, 6.07) is 0. The van der Waals surface area contributed by atoms with Crippen LogP contribution in [0.25, 0.3) is 0 Å². The monoisotopic (exact) mass is 361 g/mol. The summed E-state index contributed by atoms with van der Waals surface area (Å²) in [5.74, 6) is -2.28. The van der Waals surface area contributed by atoms with Gasteiger partial charge in [0.25, 0.3) is 0 Å². The van der Waals surface area contributed by atoms with E-state index in [1.165, 1.54) is 14.2 Å². The average Bonchev–Trinajstić information content (AvgIpc) is 3.05. The molecule has 2 atom stereocenters. The van der Waals surface area contributed by atoms with Crippen molar-refractivity contribution in [3.05, 3.63) is 34.2 Å². The molecular formula is C19H23NO6. The van der Waals surface area contributed by atoms with Crippen LogP contribution in [0.4, 0.5) is 0 Å². The van der Waals surface area contributed by atoms with Gasteiger partial charge in [0.2, 0.25) is 0 Å². The molecular weight excluding hydrogens is 338 g/mol. The van der Waals surface area contributed by atoms with Crippen LogP contribution in [-0.2, 0) is 23.8 Å². The maximum atomic E-state index is 12.6. The van der Waals surface area contributed by atoms with Gasteiger partial charge in [0.05, 0.1) is 25.4 Å². The van der Waals surface area contributed by atoms with E-state index >= 15 is 0 Å². The molecule has 1 aromatic heterocycles. The highest BCUT2D eigenvalue weighted by molar-refractivity contribution is 6.05. The number of hydrogen-bond donors (Lipinski definition) is 1. The van der Waals surface area contributed by atoms with Crippen molar-refractivity contribution in [3.8, 4) is 0 Å². The lowest BCUT2D eigenvalue weighted by molar-refractivity contribution is -0.140. The minimum Gasteiger partial charge on any atom is -0.466 e. The predicted octanol–water partition coefficient (Wildman–Crippen LogP) is 2.59. The normalized spacial score (nSPS) is 21.3. The lowest BCUT2D eigenvalue weighted by Crippen LogP contribution is -2.34. The van der Waals surface area contributed by atoms with Gasteiger partial charge in [-0.1, -0.05) is 0 Å². The largest absolute Gasteiger partial charge is 0.466 e. The highest BCUT2D eigenvalue weighted by Crippen LogP contribution is 2.54. The first-order valence-electron chi connectivity index (χ1n) is 8.54. The fraction of sp³-hybridized carbons (Fsp3) is 0.526. The van der Waals surface area contributed by atoms with Crippen LogP contribution in [0.15, 0.2) is 17.3 Å². The molecule has 26 heavy (non-hydrogen) atoms. The van der Waals surface area contributed by atoms with Crippen LogP contribution in [0, 0.1) is 0 Å². The third kappa shape index (κ3) is 2.81. The summed E-state index contributed by atoms with van der Waals surface area (Å²) in [6.45, 7) is 5.38. The first kappa shape index (κ1) is 18.2. The fourth-order valence-electron chi connectivity index (χ4n) is 3.93. The van der Waals surface area contributed by atoms with Gasteiger partial charge < -0.3 is 19.2 Å². The minimum absolute atomic E-state index is 0.285. The Kier molecular flexibility index (Phi) is 4.42. The van der Waals surface area contributed by atoms with E-state index in [0.29, 0.717) is 24.1 Å². The summed E-state index contributed by atoms with van der Waals surface area (Å²) in [7, 11) is 2.57. The highest BCUT2D eigenvalue weighted by Gasteiger charge is 2.48. The highest BCUT2D eigenvalue weighted by atomic mass is 16.6. The molecule has 4 rings (SSSR count). The second kappa shape index (κ2) is 6.30. The van der Waals surface area contributed by atoms with Crippen molar-refractivity contribution >= 4 is 17.9 Å². The van der Waals surface area contributed by atoms with E-state index in [4.69, 9.17) is 14.2 Å². The first-order valence-corrected chi connectivity index (χ1v) is 8.54. The van der Waals surface area contributed by atoms with Crippen molar-refractivity contribution in [2.24, 2.45) is 0 Å². The quantitative estimate of drug-likeness (QED) is 0.657. The summed E-state index contributed by atoms with van der Waals surface area (Å²) >= 11 is 0. The predicted molar refractivity (Wildman–Crippen MR) is 91.7 cm³/mol. The zero-order valence-electron chi connectivity index (χ0n) is 15.6. The Morgan fingerprint density at radius 3 is 2.04 bits per heavy atom. The van der Waals surface area contributed by atoms with Crippen molar-refractivity contribution in [1.82, 2.24) is 4.98 Å². The van der Waals surface area contributed by atoms with Crippen LogP contribution in [0.1, 0.15) is 67.1 Å². The standard InChI is InChI=1S/C19H23NO6/c1-19(2,3)26-18(23)15-12-10-7-6-9(11(12)8-20-15)13(16(21)24-4)14(10)17(22)25-5/h8-10,20H,6-7H2,1-5H3. The van der Waals surface area contributed by atoms with E-state index in [-0.39, 0.29) is 11.5 Å². The van der Waals surface area contributed by atoms with Crippen molar-refractivity contribution in [3.63, 3.8) is 0 Å². The lowest BCUT2D eigenvalue weighted by Gasteiger charge is -2.38. The Morgan fingerprint density at radius 1 is 0.962 bits per heavy atom. The summed E-state index contributed by atoms with van der Waals surface area (Å²) in [6.07, 6.45) is 3.08. The molecule has 0 aliphatic heterocycles. The molecule has 0 fully saturated rings. The molecule has 7 heteroatoms. The maximum absolute atomic E-state index is 12.6. The zero-order chi connectivity index (χ0) is 19.2. The van der Waals surface area contributed by atoms with E-state index in [2.05, 4.69) is 4.98 Å². The molecule has 1 N–H and O–H groups in total. The number of carbonyl (C=O) groups excluding carboxylic acids is 3. The topological polar surface area (TPSA) is 94.7 Å². The van der Waals surface area contributed by atoms with Gasteiger partial charge in [0.1, 0.15) is 11.3 Å². The molecule has 7 nitrogen and oxygen atoms in total. The van der Waals surface area contributed by atoms with Gasteiger partial charge in [-0.2, -0.15) is 0 Å². The van der Waals surface area contributed by atoms with E-state index in [1.807, 2.05) is 0 Å². The lowest BCUT2D eigenvalue weighted by atomic mass is 9.64. The Balaban J connectivity index is 2.12. The molecule has 0 aromatic carbocycles. The van der Waals surface area contributed by atoms with Crippen LogP contribution in [-0.4, -0.2) is 42.7 Å². The Hall–Kier alpha value is -2.57. The average molecular weight is 361 g/mol. The van der Waals surface area contributed by atoms with Gasteiger partial charge in [0, 0.05) is 18.0 Å². The number of carbonyl (C=O) groups is 3. The number of ether oxygens (including phenoxy) is 3. The van der Waals surface area contributed by atoms with Crippen LogP contribution in [0.2, 0.25) is 0 Å². The second-order valence-electron chi connectivity index (χ2n) is 7.53. The number of aromatic nitrogens is 1. The second-order valence-corrected chi connectivity index (χ2v) is 7.53. The number of aromatic amines is 1. The number of esters is 3. The van der Waals surface area contributed by atoms with E-state index < -0.39 is 29.4 Å². The molecule has 0 saturated heterocycles. The van der Waals surface area contributed by atoms with Gasteiger partial charge in [-0.25, -0.2) is 14.4 Å². The van der Waals surface area contributed by atoms with Crippen molar-refractivity contribution in [1.29, 1.82) is 0 Å². The number of methoxy groups -OCH3 is 2.